The SMILES string of the molecule is CC(/C=C\C(NCC1CCCC(CN)C1)N(C)CC1=IN(C)C2NC=CC=C12)C(F)(F)F. The van der Waals surface area contributed by atoms with Crippen molar-refractivity contribution in [1.29, 1.82) is 0 Å². The highest BCUT2D eigenvalue weighted by Crippen LogP contribution is 2.31. The molecule has 9 heteroatoms. The van der Waals surface area contributed by atoms with Crippen molar-refractivity contribution in [3.8, 4) is 0 Å². The van der Waals surface area contributed by atoms with E-state index in [-0.39, 0.29) is 33.3 Å². The number of allylic oxidation sites excluding steroid dienone is 3. The normalized spacial score (nSPS) is 28.7. The first-order valence-electron chi connectivity index (χ1n) is 11.4. The molecule has 1 aliphatic carbocycles. The molecule has 5 nitrogen and oxygen atoms in total. The van der Waals surface area contributed by atoms with Gasteiger partial charge in [0.2, 0.25) is 0 Å². The van der Waals surface area contributed by atoms with Crippen LogP contribution in [0.3, 0.4) is 0 Å². The zero-order chi connectivity index (χ0) is 23.3. The Bertz CT molecular complexity index is 748. The fraction of sp³-hybridized carbons (Fsp3) is 0.696. The van der Waals surface area contributed by atoms with Crippen molar-refractivity contribution in [3.63, 3.8) is 0 Å². The van der Waals surface area contributed by atoms with E-state index in [0.29, 0.717) is 11.8 Å². The topological polar surface area (TPSA) is 56.6 Å². The van der Waals surface area contributed by atoms with Crippen molar-refractivity contribution in [2.24, 2.45) is 23.5 Å². The molecule has 0 radical (unpaired) electrons. The number of fused-ring (bicyclic) bond motifs is 1. The van der Waals surface area contributed by atoms with Gasteiger partial charge in [0, 0.05) is 15.6 Å². The van der Waals surface area contributed by atoms with Crippen LogP contribution in [0.25, 0.3) is 0 Å². The summed E-state index contributed by atoms with van der Waals surface area (Å²) in [6, 6.07) is 0. The van der Waals surface area contributed by atoms with Crippen LogP contribution >= 0.6 is 21.0 Å². The molecule has 0 aromatic carbocycles. The molecule has 5 unspecified atom stereocenters. The molecule has 0 saturated heterocycles. The number of rotatable bonds is 9. The van der Waals surface area contributed by atoms with Crippen molar-refractivity contribution < 1.29 is 13.2 Å². The van der Waals surface area contributed by atoms with Crippen LogP contribution < -0.4 is 16.4 Å². The minimum atomic E-state index is -4.22. The highest BCUT2D eigenvalue weighted by Gasteiger charge is 2.34. The third-order valence-corrected chi connectivity index (χ3v) is 9.49. The van der Waals surface area contributed by atoms with E-state index in [1.54, 1.807) is 6.08 Å². The van der Waals surface area contributed by atoms with E-state index in [1.807, 2.05) is 19.3 Å². The van der Waals surface area contributed by atoms with Gasteiger partial charge in [0.15, 0.2) is 0 Å². The minimum Gasteiger partial charge on any atom is -0.371 e. The molecule has 3 rings (SSSR count). The van der Waals surface area contributed by atoms with Crippen LogP contribution in [0, 0.1) is 17.8 Å². The number of dihydropyridines is 1. The molecule has 32 heavy (non-hydrogen) atoms. The van der Waals surface area contributed by atoms with Crippen molar-refractivity contribution in [3.05, 3.63) is 36.1 Å². The van der Waals surface area contributed by atoms with Gasteiger partial charge in [-0.2, -0.15) is 13.2 Å². The summed E-state index contributed by atoms with van der Waals surface area (Å²) >= 11 is -0.280. The third-order valence-electron chi connectivity index (χ3n) is 6.63. The zero-order valence-electron chi connectivity index (χ0n) is 19.2. The monoisotopic (exact) mass is 567 g/mol. The van der Waals surface area contributed by atoms with E-state index in [1.165, 1.54) is 34.9 Å². The van der Waals surface area contributed by atoms with Crippen LogP contribution in [-0.2, 0) is 0 Å². The minimum absolute atomic E-state index is 0.221. The Labute approximate surface area is 200 Å². The first-order chi connectivity index (χ1) is 15.2. The van der Waals surface area contributed by atoms with Gasteiger partial charge in [-0.05, 0) is 91.6 Å². The molecule has 0 aromatic heterocycles. The van der Waals surface area contributed by atoms with Gasteiger partial charge in [0.25, 0.3) is 0 Å². The van der Waals surface area contributed by atoms with Crippen molar-refractivity contribution in [1.82, 2.24) is 18.6 Å². The van der Waals surface area contributed by atoms with E-state index in [9.17, 15) is 13.2 Å². The van der Waals surface area contributed by atoms with E-state index in [0.717, 1.165) is 32.5 Å². The number of halogens is 4. The zero-order valence-corrected chi connectivity index (χ0v) is 21.4. The number of hydrogen-bond acceptors (Lipinski definition) is 5. The number of nitrogens with one attached hydrogen (secondary N) is 2. The van der Waals surface area contributed by atoms with Crippen LogP contribution in [0.1, 0.15) is 32.6 Å². The van der Waals surface area contributed by atoms with Gasteiger partial charge in [0.05, 0.1) is 12.1 Å². The van der Waals surface area contributed by atoms with Crippen LogP contribution in [0.4, 0.5) is 13.2 Å². The largest absolute Gasteiger partial charge is 0.394 e. The lowest BCUT2D eigenvalue weighted by Crippen LogP contribution is -2.47. The summed E-state index contributed by atoms with van der Waals surface area (Å²) in [7, 11) is 4.13. The number of alkyl halides is 3. The van der Waals surface area contributed by atoms with Gasteiger partial charge in [-0.15, -0.1) is 0 Å². The van der Waals surface area contributed by atoms with E-state index in [2.05, 4.69) is 31.8 Å². The lowest BCUT2D eigenvalue weighted by atomic mass is 9.81. The van der Waals surface area contributed by atoms with E-state index < -0.39 is 12.1 Å². The summed E-state index contributed by atoms with van der Waals surface area (Å²) in [6.07, 6.45) is 9.52. The fourth-order valence-corrected chi connectivity index (χ4v) is 7.65. The number of nitrogens with zero attached hydrogens (tertiary/aromatic N) is 2. The quantitative estimate of drug-likeness (QED) is 0.172. The molecule has 5 atom stereocenters. The number of hydrogen-bond donors (Lipinski definition) is 3. The summed E-state index contributed by atoms with van der Waals surface area (Å²) < 4.78 is 43.0. The van der Waals surface area contributed by atoms with Gasteiger partial charge in [-0.25, -0.2) is 3.11 Å². The second kappa shape index (κ2) is 11.6. The van der Waals surface area contributed by atoms with Crippen LogP contribution in [0.5, 0.6) is 0 Å². The van der Waals surface area contributed by atoms with Crippen LogP contribution in [-0.4, -0.2) is 63.8 Å². The summed E-state index contributed by atoms with van der Waals surface area (Å²) in [6.45, 7) is 3.48. The molecule has 2 heterocycles. The second-order valence-electron chi connectivity index (χ2n) is 9.18. The van der Waals surface area contributed by atoms with Crippen LogP contribution in [0.15, 0.2) is 36.1 Å². The third kappa shape index (κ3) is 6.88. The Morgan fingerprint density at radius 1 is 1.34 bits per heavy atom. The highest BCUT2D eigenvalue weighted by molar-refractivity contribution is 14.2. The summed E-state index contributed by atoms with van der Waals surface area (Å²) in [5, 5.41) is 6.96. The van der Waals surface area contributed by atoms with Crippen molar-refractivity contribution in [2.45, 2.75) is 51.1 Å². The predicted molar refractivity (Wildman–Crippen MR) is 134 cm³/mol. The summed E-state index contributed by atoms with van der Waals surface area (Å²) in [4.78, 5) is 2.15. The predicted octanol–water partition coefficient (Wildman–Crippen LogP) is 3.73. The van der Waals surface area contributed by atoms with E-state index in [4.69, 9.17) is 5.73 Å². The molecular formula is C23H37F3IN5. The molecule has 1 fully saturated rings. The van der Waals surface area contributed by atoms with E-state index >= 15 is 0 Å². The van der Waals surface area contributed by atoms with Gasteiger partial charge < -0.3 is 11.1 Å². The lowest BCUT2D eigenvalue weighted by molar-refractivity contribution is -0.156. The molecule has 0 aromatic rings. The number of nitrogens with two attached hydrogens (primary N) is 1. The molecule has 0 bridgehead atoms. The van der Waals surface area contributed by atoms with Crippen molar-refractivity contribution >= 4 is 24.5 Å². The van der Waals surface area contributed by atoms with Crippen LogP contribution in [0.2, 0.25) is 0 Å². The fourth-order valence-electron chi connectivity index (χ4n) is 4.55. The number of likely N-dealkylation sites (N-methyl/N-ethyl adjacent to an activating group) is 2. The first kappa shape index (κ1) is 25.9. The molecule has 0 spiro atoms. The molecule has 0 amide bonds. The maximum atomic E-state index is 13.1. The van der Waals surface area contributed by atoms with Gasteiger partial charge in [-0.3, -0.25) is 10.2 Å². The Morgan fingerprint density at radius 3 is 2.81 bits per heavy atom. The Balaban J connectivity index is 1.68. The molecule has 1 saturated carbocycles. The maximum Gasteiger partial charge on any atom is 0.394 e. The highest BCUT2D eigenvalue weighted by atomic mass is 127. The molecular weight excluding hydrogens is 530 g/mol. The smallest absolute Gasteiger partial charge is 0.371 e. The van der Waals surface area contributed by atoms with Gasteiger partial charge in [-0.1, -0.05) is 31.6 Å². The van der Waals surface area contributed by atoms with Crippen molar-refractivity contribution in [2.75, 3.05) is 33.7 Å². The lowest BCUT2D eigenvalue weighted by Gasteiger charge is -2.32. The molecule has 3 aliphatic rings. The molecule has 182 valence electrons. The first-order valence-corrected chi connectivity index (χ1v) is 13.5. The Kier molecular flexibility index (Phi) is 9.37. The average Bonchev–Trinajstić information content (AvgIpc) is 3.08. The molecule has 4 N–H and O–H groups in total. The average molecular weight is 567 g/mol. The summed E-state index contributed by atoms with van der Waals surface area (Å²) in [5.41, 5.74) is 7.19. The Morgan fingerprint density at radius 2 is 2.09 bits per heavy atom. The van der Waals surface area contributed by atoms with Gasteiger partial charge in [0.1, 0.15) is 6.17 Å². The molecule has 2 aliphatic heterocycles. The standard InChI is InChI=1S/C23H37F3IN5/c1-16(23(24,25)26)9-10-21(30-14-18-7-4-6-17(12-18)13-28)31(2)15-20-19-8-5-11-29-22(19)32(3)27-20/h5,8-11,16-18,21-22,29-30H,4,6-7,12-15,28H2,1-3H3/b10-9-. The maximum absolute atomic E-state index is 13.1. The second-order valence-corrected chi connectivity index (χ2v) is 12.5. The Hall–Kier alpha value is -0.750. The summed E-state index contributed by atoms with van der Waals surface area (Å²) in [5.74, 6) is -0.370. The van der Waals surface area contributed by atoms with Gasteiger partial charge >= 0.3 is 6.18 Å².